The van der Waals surface area contributed by atoms with Crippen LogP contribution in [0.2, 0.25) is 0 Å². The zero-order valence-electron chi connectivity index (χ0n) is 15.4. The predicted molar refractivity (Wildman–Crippen MR) is 110 cm³/mol. The summed E-state index contributed by atoms with van der Waals surface area (Å²) < 4.78 is 0. The summed E-state index contributed by atoms with van der Waals surface area (Å²) in [4.78, 5) is 17.7. The van der Waals surface area contributed by atoms with E-state index >= 15 is 0 Å². The summed E-state index contributed by atoms with van der Waals surface area (Å²) in [6.07, 6.45) is 4.11. The molecule has 1 amide bonds. The zero-order valence-corrected chi connectivity index (χ0v) is 16.3. The van der Waals surface area contributed by atoms with Crippen LogP contribution in [0.15, 0.2) is 54.6 Å². The first kappa shape index (κ1) is 18.3. The first-order valence-corrected chi connectivity index (χ1v) is 9.68. The highest BCUT2D eigenvalue weighted by molar-refractivity contribution is 5.93. The third-order valence-corrected chi connectivity index (χ3v) is 6.58. The highest BCUT2D eigenvalue weighted by Crippen LogP contribution is 2.37. The molecule has 1 N–H and O–H groups in total. The van der Waals surface area contributed by atoms with Crippen LogP contribution in [0.4, 0.5) is 5.69 Å². The maximum Gasteiger partial charge on any atom is 0.247 e. The van der Waals surface area contributed by atoms with E-state index in [1.54, 1.807) is 0 Å². The molecule has 142 valence electrons. The molecule has 1 aliphatic carbocycles. The number of nitrogens with one attached hydrogen (secondary N) is 1. The van der Waals surface area contributed by atoms with Crippen molar-refractivity contribution in [1.29, 1.82) is 0 Å². The highest BCUT2D eigenvalue weighted by Gasteiger charge is 2.51. The number of hydrogen-bond acceptors (Lipinski definition) is 3. The van der Waals surface area contributed by atoms with Crippen LogP contribution in [0, 0.1) is 0 Å². The number of carbonyl (C=O) groups excluding carboxylic acids is 1. The molecule has 5 heteroatoms. The summed E-state index contributed by atoms with van der Waals surface area (Å²) in [7, 11) is 0. The van der Waals surface area contributed by atoms with Crippen LogP contribution in [0.5, 0.6) is 0 Å². The van der Waals surface area contributed by atoms with Crippen LogP contribution in [-0.2, 0) is 17.6 Å². The van der Waals surface area contributed by atoms with Gasteiger partial charge in [0.1, 0.15) is 5.54 Å². The van der Waals surface area contributed by atoms with Crippen LogP contribution in [0.1, 0.15) is 24.0 Å². The Kier molecular flexibility index (Phi) is 4.87. The van der Waals surface area contributed by atoms with E-state index in [4.69, 9.17) is 0 Å². The van der Waals surface area contributed by atoms with Crippen molar-refractivity contribution in [2.24, 2.45) is 0 Å². The fourth-order valence-corrected chi connectivity index (χ4v) is 5.09. The van der Waals surface area contributed by atoms with Gasteiger partial charge in [0.2, 0.25) is 5.91 Å². The number of amides is 1. The smallest absolute Gasteiger partial charge is 0.247 e. The Morgan fingerprint density at radius 1 is 0.889 bits per heavy atom. The van der Waals surface area contributed by atoms with E-state index in [0.717, 1.165) is 44.5 Å². The number of benzene rings is 2. The second-order valence-corrected chi connectivity index (χ2v) is 7.83. The van der Waals surface area contributed by atoms with Crippen LogP contribution >= 0.6 is 12.4 Å². The topological polar surface area (TPSA) is 35.6 Å². The van der Waals surface area contributed by atoms with Gasteiger partial charge in [0.15, 0.2) is 0 Å². The van der Waals surface area contributed by atoms with Crippen molar-refractivity contribution in [1.82, 2.24) is 10.2 Å². The molecule has 2 heterocycles. The summed E-state index contributed by atoms with van der Waals surface area (Å²) >= 11 is 0. The van der Waals surface area contributed by atoms with E-state index in [9.17, 15) is 4.79 Å². The molecule has 0 saturated carbocycles. The zero-order chi connectivity index (χ0) is 17.6. The fourth-order valence-electron chi connectivity index (χ4n) is 5.09. The van der Waals surface area contributed by atoms with Gasteiger partial charge in [-0.3, -0.25) is 9.69 Å². The van der Waals surface area contributed by atoms with Gasteiger partial charge in [0.05, 0.1) is 6.67 Å². The van der Waals surface area contributed by atoms with Crippen molar-refractivity contribution < 1.29 is 4.79 Å². The lowest BCUT2D eigenvalue weighted by Crippen LogP contribution is -2.58. The van der Waals surface area contributed by atoms with Gasteiger partial charge in [-0.2, -0.15) is 0 Å². The number of para-hydroxylation sites is 1. The minimum absolute atomic E-state index is 0. The number of rotatable bonds is 2. The largest absolute Gasteiger partial charge is 0.339 e. The van der Waals surface area contributed by atoms with Crippen LogP contribution in [0.25, 0.3) is 0 Å². The SMILES string of the molecule is Cl.O=C1NCN(c2ccccc2)C12CCN(C1Cc3ccccc3C1)CC2. The Morgan fingerprint density at radius 3 is 2.11 bits per heavy atom. The summed E-state index contributed by atoms with van der Waals surface area (Å²) in [6.45, 7) is 2.61. The molecule has 2 aliphatic heterocycles. The molecule has 2 fully saturated rings. The van der Waals surface area contributed by atoms with Crippen molar-refractivity contribution >= 4 is 24.0 Å². The van der Waals surface area contributed by atoms with E-state index in [1.165, 1.54) is 11.1 Å². The minimum atomic E-state index is -0.372. The number of fused-ring (bicyclic) bond motifs is 1. The van der Waals surface area contributed by atoms with Crippen LogP contribution in [-0.4, -0.2) is 42.1 Å². The first-order chi connectivity index (χ1) is 12.8. The van der Waals surface area contributed by atoms with E-state index in [2.05, 4.69) is 63.6 Å². The molecule has 0 unspecified atom stereocenters. The molecular formula is C22H26ClN3O. The second kappa shape index (κ2) is 7.17. The Morgan fingerprint density at radius 2 is 1.48 bits per heavy atom. The monoisotopic (exact) mass is 383 g/mol. The summed E-state index contributed by atoms with van der Waals surface area (Å²) in [5, 5.41) is 3.10. The van der Waals surface area contributed by atoms with Crippen molar-refractivity contribution in [2.45, 2.75) is 37.3 Å². The molecule has 2 saturated heterocycles. The number of halogens is 1. The Balaban J connectivity index is 0.00000180. The normalized spacial score (nSPS) is 21.8. The highest BCUT2D eigenvalue weighted by atomic mass is 35.5. The van der Waals surface area contributed by atoms with Crippen molar-refractivity contribution in [3.8, 4) is 0 Å². The molecule has 1 spiro atoms. The standard InChI is InChI=1S/C22H25N3O.ClH/c26-21-22(25(16-23-21)19-8-2-1-3-9-19)10-12-24(13-11-22)20-14-17-6-4-5-7-18(17)15-20;/h1-9,20H,10-16H2,(H,23,26);1H. The molecule has 0 atom stereocenters. The van der Waals surface area contributed by atoms with Gasteiger partial charge < -0.3 is 10.2 Å². The molecule has 0 bridgehead atoms. The molecular weight excluding hydrogens is 358 g/mol. The molecule has 27 heavy (non-hydrogen) atoms. The number of likely N-dealkylation sites (tertiary alicyclic amines) is 1. The van der Waals surface area contributed by atoms with Crippen LogP contribution in [0.3, 0.4) is 0 Å². The first-order valence-electron chi connectivity index (χ1n) is 9.68. The third-order valence-electron chi connectivity index (χ3n) is 6.58. The average molecular weight is 384 g/mol. The van der Waals surface area contributed by atoms with Gasteiger partial charge in [-0.1, -0.05) is 42.5 Å². The predicted octanol–water partition coefficient (Wildman–Crippen LogP) is 3.00. The number of piperidine rings is 1. The Bertz CT molecular complexity index is 792. The van der Waals surface area contributed by atoms with E-state index in [1.807, 2.05) is 6.07 Å². The molecule has 0 aromatic heterocycles. The quantitative estimate of drug-likeness (QED) is 0.865. The molecule has 0 radical (unpaired) electrons. The molecule has 3 aliphatic rings. The fraction of sp³-hybridized carbons (Fsp3) is 0.409. The Hall–Kier alpha value is -2.04. The van der Waals surface area contributed by atoms with Gasteiger partial charge in [-0.05, 0) is 48.9 Å². The Labute approximate surface area is 167 Å². The van der Waals surface area contributed by atoms with E-state index < -0.39 is 0 Å². The lowest BCUT2D eigenvalue weighted by atomic mass is 9.85. The van der Waals surface area contributed by atoms with E-state index in [0.29, 0.717) is 12.7 Å². The van der Waals surface area contributed by atoms with Crippen LogP contribution < -0.4 is 10.2 Å². The minimum Gasteiger partial charge on any atom is -0.339 e. The summed E-state index contributed by atoms with van der Waals surface area (Å²) in [5.41, 5.74) is 3.78. The van der Waals surface area contributed by atoms with Crippen molar-refractivity contribution in [3.05, 3.63) is 65.7 Å². The number of anilines is 1. The summed E-state index contributed by atoms with van der Waals surface area (Å²) in [6, 6.07) is 19.8. The lowest BCUT2D eigenvalue weighted by Gasteiger charge is -2.45. The third kappa shape index (κ3) is 3.01. The maximum absolute atomic E-state index is 12.8. The van der Waals surface area contributed by atoms with Crippen molar-refractivity contribution in [2.75, 3.05) is 24.7 Å². The maximum atomic E-state index is 12.8. The molecule has 5 rings (SSSR count). The lowest BCUT2D eigenvalue weighted by molar-refractivity contribution is -0.125. The number of carbonyl (C=O) groups is 1. The van der Waals surface area contributed by atoms with Gasteiger partial charge in [-0.25, -0.2) is 0 Å². The molecule has 2 aromatic rings. The molecule has 4 nitrogen and oxygen atoms in total. The van der Waals surface area contributed by atoms with Gasteiger partial charge in [-0.15, -0.1) is 12.4 Å². The van der Waals surface area contributed by atoms with E-state index in [-0.39, 0.29) is 23.9 Å². The number of hydrogen-bond donors (Lipinski definition) is 1. The van der Waals surface area contributed by atoms with Gasteiger partial charge in [0.25, 0.3) is 0 Å². The van der Waals surface area contributed by atoms with Gasteiger partial charge >= 0.3 is 0 Å². The van der Waals surface area contributed by atoms with Crippen molar-refractivity contribution in [3.63, 3.8) is 0 Å². The summed E-state index contributed by atoms with van der Waals surface area (Å²) in [5.74, 6) is 0.204. The average Bonchev–Trinajstić information content (AvgIpc) is 3.25. The van der Waals surface area contributed by atoms with Gasteiger partial charge in [0, 0.05) is 24.8 Å². The second-order valence-electron chi connectivity index (χ2n) is 7.83. The number of nitrogens with zero attached hydrogens (tertiary/aromatic N) is 2. The molecule has 2 aromatic carbocycles.